The number of fused-ring (bicyclic) bond motifs is 1. The van der Waals surface area contributed by atoms with E-state index in [1.807, 2.05) is 30.5 Å². The molecule has 0 bridgehead atoms. The van der Waals surface area contributed by atoms with Crippen molar-refractivity contribution in [1.29, 1.82) is 5.26 Å². The van der Waals surface area contributed by atoms with Gasteiger partial charge in [0.15, 0.2) is 0 Å². The largest absolute Gasteiger partial charge is 0.496 e. The third kappa shape index (κ3) is 3.28. The first-order valence-corrected chi connectivity index (χ1v) is 9.65. The molecule has 0 radical (unpaired) electrons. The van der Waals surface area contributed by atoms with Gasteiger partial charge in [-0.1, -0.05) is 23.8 Å². The second kappa shape index (κ2) is 7.87. The van der Waals surface area contributed by atoms with Gasteiger partial charge in [-0.3, -0.25) is 0 Å². The van der Waals surface area contributed by atoms with Crippen LogP contribution in [0.5, 0.6) is 5.75 Å². The van der Waals surface area contributed by atoms with Crippen molar-refractivity contribution in [1.82, 2.24) is 10.3 Å². The lowest BCUT2D eigenvalue weighted by molar-refractivity contribution is 0.416. The average molecular weight is 372 g/mol. The van der Waals surface area contributed by atoms with E-state index in [9.17, 15) is 5.26 Å². The lowest BCUT2D eigenvalue weighted by atomic mass is 9.95. The fraction of sp³-hybridized carbons (Fsp3) is 0.304. The van der Waals surface area contributed by atoms with Crippen molar-refractivity contribution in [3.05, 3.63) is 53.7 Å². The molecule has 0 amide bonds. The van der Waals surface area contributed by atoms with Crippen LogP contribution in [-0.2, 0) is 0 Å². The zero-order valence-electron chi connectivity index (χ0n) is 16.3. The number of benzene rings is 2. The number of hydrogen-bond acceptors (Lipinski definition) is 5. The fourth-order valence-electron chi connectivity index (χ4n) is 3.93. The molecule has 1 aliphatic rings. The van der Waals surface area contributed by atoms with Gasteiger partial charge in [-0.25, -0.2) is 4.98 Å². The number of rotatable bonds is 3. The van der Waals surface area contributed by atoms with E-state index < -0.39 is 0 Å². The second-order valence-corrected chi connectivity index (χ2v) is 7.13. The SMILES string of the molecule is COc1ccc(C)cc1-c1cnc(N2CCCNCC2)c2cccc(C#N)c12. The van der Waals surface area contributed by atoms with Crippen LogP contribution in [0.25, 0.3) is 21.9 Å². The zero-order chi connectivity index (χ0) is 19.5. The molecule has 1 saturated heterocycles. The minimum absolute atomic E-state index is 0.660. The Morgan fingerprint density at radius 1 is 1.14 bits per heavy atom. The number of methoxy groups -OCH3 is 1. The summed E-state index contributed by atoms with van der Waals surface area (Å²) in [5.74, 6) is 1.74. The standard InChI is InChI=1S/C23H24N4O/c1-16-7-8-21(28-2)19(13-16)20-15-26-23(27-11-4-9-25-10-12-27)18-6-3-5-17(14-24)22(18)20/h3,5-8,13,15,25H,4,9-12H2,1-2H3. The first kappa shape index (κ1) is 18.3. The molecule has 0 unspecified atom stereocenters. The van der Waals surface area contributed by atoms with Crippen molar-refractivity contribution in [3.63, 3.8) is 0 Å². The van der Waals surface area contributed by atoms with Crippen LogP contribution in [0.1, 0.15) is 17.5 Å². The van der Waals surface area contributed by atoms with E-state index in [0.717, 1.165) is 71.6 Å². The highest BCUT2D eigenvalue weighted by atomic mass is 16.5. The van der Waals surface area contributed by atoms with E-state index in [2.05, 4.69) is 35.3 Å². The Morgan fingerprint density at radius 3 is 2.86 bits per heavy atom. The molecular weight excluding hydrogens is 348 g/mol. The van der Waals surface area contributed by atoms with Crippen molar-refractivity contribution in [3.8, 4) is 22.9 Å². The summed E-state index contributed by atoms with van der Waals surface area (Å²) in [5, 5.41) is 15.2. The summed E-state index contributed by atoms with van der Waals surface area (Å²) in [4.78, 5) is 7.18. The highest BCUT2D eigenvalue weighted by molar-refractivity contribution is 6.06. The topological polar surface area (TPSA) is 61.2 Å². The minimum atomic E-state index is 0.660. The first-order valence-electron chi connectivity index (χ1n) is 9.65. The van der Waals surface area contributed by atoms with Crippen molar-refractivity contribution in [2.45, 2.75) is 13.3 Å². The van der Waals surface area contributed by atoms with Gasteiger partial charge in [0.05, 0.1) is 18.7 Å². The predicted octanol–water partition coefficient (Wildman–Crippen LogP) is 3.89. The summed E-state index contributed by atoms with van der Waals surface area (Å²) in [7, 11) is 1.67. The molecule has 2 aromatic carbocycles. The summed E-state index contributed by atoms with van der Waals surface area (Å²) >= 11 is 0. The van der Waals surface area contributed by atoms with Crippen LogP contribution in [0.3, 0.4) is 0 Å². The molecule has 1 aromatic heterocycles. The highest BCUT2D eigenvalue weighted by Gasteiger charge is 2.19. The lowest BCUT2D eigenvalue weighted by Gasteiger charge is -2.24. The Bertz CT molecular complexity index is 1050. The van der Waals surface area contributed by atoms with Crippen LogP contribution in [0, 0.1) is 18.3 Å². The number of nitriles is 1. The smallest absolute Gasteiger partial charge is 0.136 e. The molecule has 1 fully saturated rings. The van der Waals surface area contributed by atoms with Crippen molar-refractivity contribution in [2.24, 2.45) is 0 Å². The van der Waals surface area contributed by atoms with E-state index in [4.69, 9.17) is 9.72 Å². The van der Waals surface area contributed by atoms with Gasteiger partial charge >= 0.3 is 0 Å². The Morgan fingerprint density at radius 2 is 2.04 bits per heavy atom. The maximum absolute atomic E-state index is 9.81. The molecule has 3 aromatic rings. The van der Waals surface area contributed by atoms with Crippen molar-refractivity contribution >= 4 is 16.6 Å². The maximum atomic E-state index is 9.81. The molecule has 0 aliphatic carbocycles. The molecule has 0 atom stereocenters. The Balaban J connectivity index is 1.98. The number of nitrogens with zero attached hydrogens (tertiary/aromatic N) is 3. The van der Waals surface area contributed by atoms with Gasteiger partial charge in [0.25, 0.3) is 0 Å². The van der Waals surface area contributed by atoms with Gasteiger partial charge in [0, 0.05) is 47.7 Å². The van der Waals surface area contributed by atoms with Crippen molar-refractivity contribution < 1.29 is 4.74 Å². The minimum Gasteiger partial charge on any atom is -0.496 e. The molecule has 0 saturated carbocycles. The third-order valence-electron chi connectivity index (χ3n) is 5.30. The molecule has 0 spiro atoms. The molecule has 1 aliphatic heterocycles. The quantitative estimate of drug-likeness (QED) is 0.756. The normalized spacial score (nSPS) is 14.5. The van der Waals surface area contributed by atoms with Crippen LogP contribution in [0.15, 0.2) is 42.6 Å². The maximum Gasteiger partial charge on any atom is 0.136 e. The summed E-state index contributed by atoms with van der Waals surface area (Å²) in [6.07, 6.45) is 2.97. The zero-order valence-corrected chi connectivity index (χ0v) is 16.3. The second-order valence-electron chi connectivity index (χ2n) is 7.13. The summed E-state index contributed by atoms with van der Waals surface area (Å²) in [5.41, 5.74) is 3.70. The molecular formula is C23H24N4O. The Labute approximate surface area is 165 Å². The average Bonchev–Trinajstić information content (AvgIpc) is 3.02. The fourth-order valence-corrected chi connectivity index (χ4v) is 3.93. The van der Waals surface area contributed by atoms with E-state index in [0.29, 0.717) is 5.56 Å². The van der Waals surface area contributed by atoms with Crippen molar-refractivity contribution in [2.75, 3.05) is 38.2 Å². The molecule has 4 rings (SSSR count). The molecule has 28 heavy (non-hydrogen) atoms. The number of nitrogens with one attached hydrogen (secondary N) is 1. The van der Waals surface area contributed by atoms with E-state index in [-0.39, 0.29) is 0 Å². The van der Waals surface area contributed by atoms with E-state index >= 15 is 0 Å². The van der Waals surface area contributed by atoms with Crippen LogP contribution in [0.4, 0.5) is 5.82 Å². The number of pyridine rings is 1. The molecule has 142 valence electrons. The van der Waals surface area contributed by atoms with Crippen LogP contribution in [-0.4, -0.2) is 38.3 Å². The van der Waals surface area contributed by atoms with Gasteiger partial charge in [0.1, 0.15) is 11.6 Å². The monoisotopic (exact) mass is 372 g/mol. The molecule has 1 N–H and O–H groups in total. The summed E-state index contributed by atoms with van der Waals surface area (Å²) < 4.78 is 5.61. The van der Waals surface area contributed by atoms with Gasteiger partial charge < -0.3 is 15.0 Å². The van der Waals surface area contributed by atoms with Gasteiger partial charge in [0.2, 0.25) is 0 Å². The van der Waals surface area contributed by atoms with Gasteiger partial charge in [-0.2, -0.15) is 5.26 Å². The van der Waals surface area contributed by atoms with Crippen LogP contribution >= 0.6 is 0 Å². The molecule has 2 heterocycles. The lowest BCUT2D eigenvalue weighted by Crippen LogP contribution is -2.28. The molecule has 5 nitrogen and oxygen atoms in total. The number of anilines is 1. The van der Waals surface area contributed by atoms with E-state index in [1.165, 1.54) is 0 Å². The van der Waals surface area contributed by atoms with Crippen LogP contribution < -0.4 is 15.0 Å². The first-order chi connectivity index (χ1) is 13.7. The number of aryl methyl sites for hydroxylation is 1. The predicted molar refractivity (Wildman–Crippen MR) is 113 cm³/mol. The Kier molecular flexibility index (Phi) is 5.14. The van der Waals surface area contributed by atoms with Crippen LogP contribution in [0.2, 0.25) is 0 Å². The van der Waals surface area contributed by atoms with Gasteiger partial charge in [-0.15, -0.1) is 0 Å². The number of hydrogen-bond donors (Lipinski definition) is 1. The Hall–Kier alpha value is -3.10. The number of ether oxygens (including phenoxy) is 1. The summed E-state index contributed by atoms with van der Waals surface area (Å²) in [6.45, 7) is 5.89. The van der Waals surface area contributed by atoms with E-state index in [1.54, 1.807) is 7.11 Å². The van der Waals surface area contributed by atoms with Gasteiger partial charge in [-0.05, 0) is 38.1 Å². The third-order valence-corrected chi connectivity index (χ3v) is 5.30. The number of aromatic nitrogens is 1. The summed E-state index contributed by atoms with van der Waals surface area (Å²) in [6, 6.07) is 14.4. The highest BCUT2D eigenvalue weighted by Crippen LogP contribution is 2.39. The molecule has 5 heteroatoms.